The Balaban J connectivity index is 1.94. The van der Waals surface area contributed by atoms with Gasteiger partial charge in [-0.15, -0.1) is 0 Å². The SMILES string of the molecule is C[C@H](C(=O)NC1CCCCC1)N(Cc1c(Cl)cccc1Cl)C(=O)CN(c1cccc([N+](=O)[O-])c1)S(C)(=O)=O. The van der Waals surface area contributed by atoms with Gasteiger partial charge in [0.15, 0.2) is 0 Å². The molecular weight excluding hydrogens is 555 g/mol. The fourth-order valence-electron chi connectivity index (χ4n) is 4.38. The highest BCUT2D eigenvalue weighted by Crippen LogP contribution is 2.28. The number of carbonyl (C=O) groups is 2. The average molecular weight is 586 g/mol. The van der Waals surface area contributed by atoms with E-state index in [0.717, 1.165) is 48.7 Å². The summed E-state index contributed by atoms with van der Waals surface area (Å²) >= 11 is 12.7. The fraction of sp³-hybridized carbons (Fsp3) is 0.440. The molecule has 0 heterocycles. The Kier molecular flexibility index (Phi) is 9.97. The second-order valence-corrected chi connectivity index (χ2v) is 12.0. The third-order valence-electron chi connectivity index (χ3n) is 6.52. The summed E-state index contributed by atoms with van der Waals surface area (Å²) in [4.78, 5) is 38.7. The van der Waals surface area contributed by atoms with Gasteiger partial charge in [-0.1, -0.05) is 54.6 Å². The van der Waals surface area contributed by atoms with Crippen molar-refractivity contribution in [3.05, 3.63) is 68.2 Å². The molecule has 1 aliphatic carbocycles. The summed E-state index contributed by atoms with van der Waals surface area (Å²) < 4.78 is 26.1. The first-order valence-corrected chi connectivity index (χ1v) is 14.7. The molecule has 2 aromatic carbocycles. The molecule has 0 aromatic heterocycles. The Bertz CT molecular complexity index is 1280. The molecule has 0 aliphatic heterocycles. The molecule has 0 saturated heterocycles. The van der Waals surface area contributed by atoms with Gasteiger partial charge in [0, 0.05) is 40.3 Å². The van der Waals surface area contributed by atoms with Gasteiger partial charge in [0.1, 0.15) is 12.6 Å². The molecule has 1 N–H and O–H groups in total. The minimum absolute atomic E-state index is 0.00283. The van der Waals surface area contributed by atoms with Gasteiger partial charge in [0.25, 0.3) is 5.69 Å². The molecule has 1 saturated carbocycles. The topological polar surface area (TPSA) is 130 Å². The summed E-state index contributed by atoms with van der Waals surface area (Å²) in [6, 6.07) is 8.84. The van der Waals surface area contributed by atoms with Crippen molar-refractivity contribution in [2.24, 2.45) is 0 Å². The highest BCUT2D eigenvalue weighted by atomic mass is 35.5. The zero-order valence-electron chi connectivity index (χ0n) is 21.1. The largest absolute Gasteiger partial charge is 0.352 e. The van der Waals surface area contributed by atoms with Gasteiger partial charge in [0.05, 0.1) is 16.9 Å². The van der Waals surface area contributed by atoms with Crippen LogP contribution in [0, 0.1) is 10.1 Å². The number of non-ortho nitro benzene ring substituents is 1. The highest BCUT2D eigenvalue weighted by Gasteiger charge is 2.32. The first-order valence-electron chi connectivity index (χ1n) is 12.1. The van der Waals surface area contributed by atoms with E-state index in [1.54, 1.807) is 25.1 Å². The molecule has 206 valence electrons. The molecule has 10 nitrogen and oxygen atoms in total. The van der Waals surface area contributed by atoms with Crippen molar-refractivity contribution in [3.63, 3.8) is 0 Å². The predicted molar refractivity (Wildman–Crippen MR) is 147 cm³/mol. The van der Waals surface area contributed by atoms with Crippen LogP contribution >= 0.6 is 23.2 Å². The molecule has 0 radical (unpaired) electrons. The van der Waals surface area contributed by atoms with Crippen LogP contribution in [0.1, 0.15) is 44.6 Å². The van der Waals surface area contributed by atoms with E-state index < -0.39 is 33.4 Å². The van der Waals surface area contributed by atoms with E-state index in [-0.39, 0.29) is 39.9 Å². The van der Waals surface area contributed by atoms with Crippen molar-refractivity contribution in [2.45, 2.75) is 57.7 Å². The number of halogens is 2. The Morgan fingerprint density at radius 1 is 1.11 bits per heavy atom. The van der Waals surface area contributed by atoms with E-state index in [2.05, 4.69) is 5.32 Å². The lowest BCUT2D eigenvalue weighted by molar-refractivity contribution is -0.384. The fourth-order valence-corrected chi connectivity index (χ4v) is 5.74. The van der Waals surface area contributed by atoms with Crippen LogP contribution in [0.25, 0.3) is 0 Å². The third kappa shape index (κ3) is 7.58. The summed E-state index contributed by atoms with van der Waals surface area (Å²) in [5, 5.41) is 14.8. The molecule has 1 aliphatic rings. The number of nitro groups is 1. The number of anilines is 1. The summed E-state index contributed by atoms with van der Waals surface area (Å²) in [6.45, 7) is 0.714. The van der Waals surface area contributed by atoms with Crippen molar-refractivity contribution in [3.8, 4) is 0 Å². The minimum atomic E-state index is -4.04. The van der Waals surface area contributed by atoms with E-state index in [1.165, 1.54) is 23.1 Å². The number of nitrogens with one attached hydrogen (secondary N) is 1. The third-order valence-corrected chi connectivity index (χ3v) is 8.37. The maximum atomic E-state index is 13.7. The van der Waals surface area contributed by atoms with Crippen LogP contribution in [-0.2, 0) is 26.2 Å². The van der Waals surface area contributed by atoms with Gasteiger partial charge in [-0.25, -0.2) is 8.42 Å². The van der Waals surface area contributed by atoms with Gasteiger partial charge in [0.2, 0.25) is 21.8 Å². The number of hydrogen-bond acceptors (Lipinski definition) is 6. The zero-order chi connectivity index (χ0) is 28.0. The molecule has 1 atom stereocenters. The van der Waals surface area contributed by atoms with Gasteiger partial charge >= 0.3 is 0 Å². The first kappa shape index (κ1) is 29.7. The lowest BCUT2D eigenvalue weighted by Gasteiger charge is -2.33. The maximum Gasteiger partial charge on any atom is 0.271 e. The van der Waals surface area contributed by atoms with Gasteiger partial charge in [-0.2, -0.15) is 0 Å². The van der Waals surface area contributed by atoms with E-state index >= 15 is 0 Å². The number of nitro benzene ring substituents is 1. The van der Waals surface area contributed by atoms with Crippen LogP contribution in [0.15, 0.2) is 42.5 Å². The molecule has 0 bridgehead atoms. The quantitative estimate of drug-likeness (QED) is 0.322. The Morgan fingerprint density at radius 3 is 2.29 bits per heavy atom. The number of carbonyl (C=O) groups excluding carboxylic acids is 2. The van der Waals surface area contributed by atoms with Crippen LogP contribution in [0.5, 0.6) is 0 Å². The number of sulfonamides is 1. The number of nitrogens with zero attached hydrogens (tertiary/aromatic N) is 3. The molecule has 13 heteroatoms. The zero-order valence-corrected chi connectivity index (χ0v) is 23.4. The minimum Gasteiger partial charge on any atom is -0.352 e. The van der Waals surface area contributed by atoms with Crippen molar-refractivity contribution >= 4 is 56.4 Å². The maximum absolute atomic E-state index is 13.7. The Hall–Kier alpha value is -2.89. The smallest absolute Gasteiger partial charge is 0.271 e. The lowest BCUT2D eigenvalue weighted by atomic mass is 9.95. The molecule has 2 aromatic rings. The van der Waals surface area contributed by atoms with Crippen LogP contribution in [-0.4, -0.2) is 54.9 Å². The summed E-state index contributed by atoms with van der Waals surface area (Å²) in [7, 11) is -4.04. The van der Waals surface area contributed by atoms with Crippen LogP contribution in [0.3, 0.4) is 0 Å². The molecule has 0 spiro atoms. The number of benzene rings is 2. The summed E-state index contributed by atoms with van der Waals surface area (Å²) in [6.07, 6.45) is 5.70. The Labute approximate surface area is 232 Å². The van der Waals surface area contributed by atoms with Gasteiger partial charge in [-0.05, 0) is 38.0 Å². The standard InChI is InChI=1S/C25H30Cl2N4O6S/c1-17(25(33)28-18-8-4-3-5-9-18)29(15-21-22(26)12-7-13-23(21)27)24(32)16-30(38(2,36)37)19-10-6-11-20(14-19)31(34)35/h6-7,10-14,17-18H,3-5,8-9,15-16H2,1-2H3,(H,28,33)/t17-/m1/s1. The van der Waals surface area contributed by atoms with Crippen LogP contribution in [0.4, 0.5) is 11.4 Å². The van der Waals surface area contributed by atoms with E-state index in [4.69, 9.17) is 23.2 Å². The molecule has 2 amide bonds. The summed E-state index contributed by atoms with van der Waals surface area (Å²) in [5.74, 6) is -1.08. The molecular formula is C25H30Cl2N4O6S. The van der Waals surface area contributed by atoms with Crippen LogP contribution in [0.2, 0.25) is 10.0 Å². The van der Waals surface area contributed by atoms with Crippen molar-refractivity contribution in [1.82, 2.24) is 10.2 Å². The van der Waals surface area contributed by atoms with Gasteiger partial charge < -0.3 is 10.2 Å². The first-order chi connectivity index (χ1) is 17.9. The van der Waals surface area contributed by atoms with Gasteiger partial charge in [-0.3, -0.25) is 24.0 Å². The summed E-state index contributed by atoms with van der Waals surface area (Å²) in [5.41, 5.74) is 0.0244. The molecule has 0 unspecified atom stereocenters. The monoisotopic (exact) mass is 584 g/mol. The predicted octanol–water partition coefficient (Wildman–Crippen LogP) is 4.53. The number of amides is 2. The van der Waals surface area contributed by atoms with E-state index in [1.807, 2.05) is 0 Å². The average Bonchev–Trinajstić information content (AvgIpc) is 2.86. The molecule has 3 rings (SSSR count). The second-order valence-electron chi connectivity index (χ2n) is 9.29. The van der Waals surface area contributed by atoms with Crippen LogP contribution < -0.4 is 9.62 Å². The molecule has 38 heavy (non-hydrogen) atoms. The van der Waals surface area contributed by atoms with Crippen molar-refractivity contribution in [1.29, 1.82) is 0 Å². The van der Waals surface area contributed by atoms with Crippen molar-refractivity contribution < 1.29 is 22.9 Å². The lowest BCUT2D eigenvalue weighted by Crippen LogP contribution is -2.53. The second kappa shape index (κ2) is 12.8. The van der Waals surface area contributed by atoms with Crippen molar-refractivity contribution in [2.75, 3.05) is 17.1 Å². The normalized spacial score (nSPS) is 14.9. The van der Waals surface area contributed by atoms with E-state index in [0.29, 0.717) is 5.56 Å². The number of rotatable bonds is 10. The molecule has 1 fully saturated rings. The Morgan fingerprint density at radius 2 is 1.71 bits per heavy atom. The number of hydrogen-bond donors (Lipinski definition) is 1. The van der Waals surface area contributed by atoms with E-state index in [9.17, 15) is 28.1 Å². The highest BCUT2D eigenvalue weighted by molar-refractivity contribution is 7.92.